The zero-order valence-corrected chi connectivity index (χ0v) is 20.3. The second-order valence-corrected chi connectivity index (χ2v) is 11.7. The van der Waals surface area contributed by atoms with Crippen molar-refractivity contribution in [3.05, 3.63) is 34.9 Å². The van der Waals surface area contributed by atoms with E-state index in [-0.39, 0.29) is 30.0 Å². The normalized spacial score (nSPS) is 38.7. The van der Waals surface area contributed by atoms with E-state index in [1.807, 2.05) is 12.1 Å². The smallest absolute Gasteiger partial charge is 0.256 e. The summed E-state index contributed by atoms with van der Waals surface area (Å²) in [7, 11) is 0. The second kappa shape index (κ2) is 7.32. The number of piperidine rings is 1. The quantitative estimate of drug-likeness (QED) is 0.500. The summed E-state index contributed by atoms with van der Waals surface area (Å²) in [5.74, 6) is 0.872. The number of likely N-dealkylation sites (tertiary alicyclic amines) is 2. The number of nitrogens with zero attached hydrogens (tertiary/aromatic N) is 2. The Kier molecular flexibility index (Phi) is 4.58. The van der Waals surface area contributed by atoms with Gasteiger partial charge in [0.1, 0.15) is 6.10 Å². The Hall–Kier alpha value is -2.38. The minimum Gasteiger partial charge on any atom is -0.504 e. The molecule has 7 heteroatoms. The number of benzene rings is 1. The van der Waals surface area contributed by atoms with E-state index < -0.39 is 23.2 Å². The van der Waals surface area contributed by atoms with Gasteiger partial charge in [0.15, 0.2) is 11.5 Å². The van der Waals surface area contributed by atoms with Crippen LogP contribution in [-0.2, 0) is 21.4 Å². The highest BCUT2D eigenvalue weighted by Crippen LogP contribution is 2.66. The molecule has 1 aromatic carbocycles. The molecule has 2 amide bonds. The molecular weight excluding hydrogens is 444 g/mol. The molecule has 1 aromatic rings. The molecule has 3 aliphatic carbocycles. The van der Waals surface area contributed by atoms with Crippen molar-refractivity contribution in [2.45, 2.75) is 93.9 Å². The highest BCUT2D eigenvalue weighted by Gasteiger charge is 2.74. The van der Waals surface area contributed by atoms with Crippen LogP contribution < -0.4 is 4.74 Å². The molecule has 7 nitrogen and oxygen atoms in total. The average molecular weight is 479 g/mol. The zero-order valence-electron chi connectivity index (χ0n) is 20.3. The number of carbonyl (C=O) groups is 2. The van der Waals surface area contributed by atoms with Crippen molar-refractivity contribution in [3.63, 3.8) is 0 Å². The summed E-state index contributed by atoms with van der Waals surface area (Å²) >= 11 is 0. The van der Waals surface area contributed by atoms with Gasteiger partial charge in [-0.3, -0.25) is 19.4 Å². The van der Waals surface area contributed by atoms with Crippen LogP contribution in [0.3, 0.4) is 0 Å². The van der Waals surface area contributed by atoms with Crippen molar-refractivity contribution in [1.82, 2.24) is 9.80 Å². The first-order valence-electron chi connectivity index (χ1n) is 13.4. The summed E-state index contributed by atoms with van der Waals surface area (Å²) in [6, 6.07) is 3.21. The second-order valence-electron chi connectivity index (χ2n) is 11.7. The van der Waals surface area contributed by atoms with Gasteiger partial charge in [0.2, 0.25) is 5.91 Å². The number of unbranched alkanes of at least 4 members (excludes halogenated alkanes) is 1. The lowest BCUT2D eigenvalue weighted by Gasteiger charge is -2.64. The topological polar surface area (TPSA) is 90.3 Å². The van der Waals surface area contributed by atoms with Crippen LogP contribution in [0.2, 0.25) is 0 Å². The molecule has 0 radical (unpaired) electrons. The predicted molar refractivity (Wildman–Crippen MR) is 128 cm³/mol. The summed E-state index contributed by atoms with van der Waals surface area (Å²) in [6.45, 7) is 3.93. The van der Waals surface area contributed by atoms with E-state index in [2.05, 4.69) is 11.8 Å². The number of phenolic OH excluding ortho intramolecular Hbond substituents is 1. The number of allylic oxidation sites excluding steroid dienone is 1. The third kappa shape index (κ3) is 2.74. The number of hydrogen-bond acceptors (Lipinski definition) is 6. The van der Waals surface area contributed by atoms with Crippen LogP contribution in [0, 0.1) is 5.92 Å². The molecule has 7 rings (SSSR count). The largest absolute Gasteiger partial charge is 0.504 e. The van der Waals surface area contributed by atoms with Crippen molar-refractivity contribution >= 4 is 11.8 Å². The minimum absolute atomic E-state index is 0.0168. The van der Waals surface area contributed by atoms with E-state index in [1.165, 1.54) is 17.7 Å². The lowest BCUT2D eigenvalue weighted by atomic mass is 9.48. The standard InChI is InChI=1S/C28H34N2O5/c1-2-3-4-18-14-22(32)30(26(18)33)19-9-10-28(34)21-13-17-7-8-20(31)24-23(17)27(28,25(19)35-24)11-12-29(21)15-16-5-6-16/h4,7-8,16,19,21,25,31,34H,2-3,5-6,9-15H2,1H3/b18-4+/t19-,21+,25+,27+,28-/m1/s1. The molecule has 35 heavy (non-hydrogen) atoms. The Morgan fingerprint density at radius 3 is 2.80 bits per heavy atom. The lowest BCUT2D eigenvalue weighted by molar-refractivity contribution is -0.201. The molecular formula is C28H34N2O5. The number of aliphatic hydroxyl groups is 1. The van der Waals surface area contributed by atoms with Gasteiger partial charge >= 0.3 is 0 Å². The molecule has 2 saturated carbocycles. The fourth-order valence-corrected chi connectivity index (χ4v) is 8.13. The number of phenols is 1. The first-order valence-corrected chi connectivity index (χ1v) is 13.4. The predicted octanol–water partition coefficient (Wildman–Crippen LogP) is 2.81. The van der Waals surface area contributed by atoms with E-state index in [1.54, 1.807) is 6.07 Å². The van der Waals surface area contributed by atoms with Gasteiger partial charge in [-0.1, -0.05) is 25.5 Å². The Morgan fingerprint density at radius 1 is 1.20 bits per heavy atom. The third-order valence-corrected chi connectivity index (χ3v) is 9.85. The van der Waals surface area contributed by atoms with Gasteiger partial charge in [0.25, 0.3) is 5.91 Å². The molecule has 186 valence electrons. The van der Waals surface area contributed by atoms with Crippen molar-refractivity contribution in [2.24, 2.45) is 5.92 Å². The molecule has 5 atom stereocenters. The van der Waals surface area contributed by atoms with Crippen LogP contribution >= 0.6 is 0 Å². The molecule has 2 N–H and O–H groups in total. The molecule has 4 fully saturated rings. The molecule has 3 heterocycles. The number of carbonyl (C=O) groups excluding carboxylic acids is 2. The van der Waals surface area contributed by atoms with Gasteiger partial charge in [0.05, 0.1) is 23.5 Å². The van der Waals surface area contributed by atoms with E-state index in [0.717, 1.165) is 49.4 Å². The van der Waals surface area contributed by atoms with E-state index >= 15 is 0 Å². The van der Waals surface area contributed by atoms with Crippen LogP contribution in [0.1, 0.15) is 69.4 Å². The number of ether oxygens (including phenoxy) is 1. The number of aromatic hydroxyl groups is 1. The highest BCUT2D eigenvalue weighted by molar-refractivity contribution is 6.13. The fraction of sp³-hybridized carbons (Fsp3) is 0.643. The molecule has 2 bridgehead atoms. The minimum atomic E-state index is -1.01. The van der Waals surface area contributed by atoms with Gasteiger partial charge in [0, 0.05) is 23.7 Å². The van der Waals surface area contributed by atoms with Gasteiger partial charge in [-0.2, -0.15) is 0 Å². The Labute approximate surface area is 205 Å². The number of hydrogen-bond donors (Lipinski definition) is 2. The van der Waals surface area contributed by atoms with Crippen LogP contribution in [-0.4, -0.2) is 68.7 Å². The fourth-order valence-electron chi connectivity index (χ4n) is 8.13. The van der Waals surface area contributed by atoms with Gasteiger partial charge < -0.3 is 14.9 Å². The average Bonchev–Trinajstić information content (AvgIpc) is 3.51. The van der Waals surface area contributed by atoms with E-state index in [9.17, 15) is 19.8 Å². The van der Waals surface area contributed by atoms with Crippen LogP contribution in [0.4, 0.5) is 0 Å². The summed E-state index contributed by atoms with van der Waals surface area (Å²) in [5, 5.41) is 23.4. The maximum absolute atomic E-state index is 13.4. The van der Waals surface area contributed by atoms with Crippen LogP contribution in [0.15, 0.2) is 23.8 Å². The van der Waals surface area contributed by atoms with Crippen molar-refractivity contribution in [3.8, 4) is 11.5 Å². The Bertz CT molecular complexity index is 1160. The maximum atomic E-state index is 13.4. The first-order chi connectivity index (χ1) is 16.9. The van der Waals surface area contributed by atoms with Gasteiger partial charge in [-0.15, -0.1) is 0 Å². The molecule has 6 aliphatic rings. The molecule has 0 unspecified atom stereocenters. The van der Waals surface area contributed by atoms with E-state index in [4.69, 9.17) is 4.74 Å². The Morgan fingerprint density at radius 2 is 2.03 bits per heavy atom. The monoisotopic (exact) mass is 478 g/mol. The molecule has 3 aliphatic heterocycles. The summed E-state index contributed by atoms with van der Waals surface area (Å²) in [6.07, 6.45) is 8.19. The summed E-state index contributed by atoms with van der Waals surface area (Å²) < 4.78 is 6.55. The third-order valence-electron chi connectivity index (χ3n) is 9.85. The molecule has 2 saturated heterocycles. The van der Waals surface area contributed by atoms with Crippen molar-refractivity contribution in [1.29, 1.82) is 0 Å². The highest BCUT2D eigenvalue weighted by atomic mass is 16.5. The van der Waals surface area contributed by atoms with E-state index in [0.29, 0.717) is 30.6 Å². The number of rotatable bonds is 5. The SMILES string of the molecule is CCC/C=C1\CC(=O)N([C@@H]2CC[C@@]3(O)[C@@H]4Cc5ccc(O)c6c5[C@@]3(CCN4CC3CC3)[C@H]2O6)C1=O. The Balaban J connectivity index is 1.33. The van der Waals surface area contributed by atoms with Crippen LogP contribution in [0.5, 0.6) is 11.5 Å². The zero-order chi connectivity index (χ0) is 24.1. The summed E-state index contributed by atoms with van der Waals surface area (Å²) in [4.78, 5) is 30.5. The maximum Gasteiger partial charge on any atom is 0.256 e. The molecule has 0 aromatic heterocycles. The first kappa shape index (κ1) is 21.9. The lowest BCUT2D eigenvalue weighted by Crippen LogP contribution is -2.78. The van der Waals surface area contributed by atoms with Gasteiger partial charge in [-0.05, 0) is 69.0 Å². The van der Waals surface area contributed by atoms with Gasteiger partial charge in [-0.25, -0.2) is 0 Å². The van der Waals surface area contributed by atoms with Crippen LogP contribution in [0.25, 0.3) is 0 Å². The number of amides is 2. The van der Waals surface area contributed by atoms with Crippen molar-refractivity contribution < 1.29 is 24.5 Å². The molecule has 1 spiro atoms. The summed E-state index contributed by atoms with van der Waals surface area (Å²) in [5.41, 5.74) is 0.894. The van der Waals surface area contributed by atoms with Crippen molar-refractivity contribution in [2.75, 3.05) is 13.1 Å². The number of imide groups is 1.